The van der Waals surface area contributed by atoms with Gasteiger partial charge in [-0.25, -0.2) is 0 Å². The van der Waals surface area contributed by atoms with Gasteiger partial charge in [0.15, 0.2) is 0 Å². The minimum Gasteiger partial charge on any atom is -0.398 e. The van der Waals surface area contributed by atoms with E-state index in [4.69, 9.17) is 5.73 Å². The third-order valence-corrected chi connectivity index (χ3v) is 4.15. The Labute approximate surface area is 120 Å². The minimum absolute atomic E-state index is 0.144. The van der Waals surface area contributed by atoms with Crippen LogP contribution < -0.4 is 5.73 Å². The van der Waals surface area contributed by atoms with Crippen molar-refractivity contribution >= 4 is 17.4 Å². The third kappa shape index (κ3) is 3.28. The van der Waals surface area contributed by atoms with Crippen molar-refractivity contribution in [3.05, 3.63) is 53.1 Å². The fourth-order valence-corrected chi connectivity index (χ4v) is 2.78. The fourth-order valence-electron chi connectivity index (χ4n) is 1.75. The molecule has 0 atom stereocenters. The zero-order valence-electron chi connectivity index (χ0n) is 11.1. The maximum Gasteiger partial charge on any atom is 0.416 e. The summed E-state index contributed by atoms with van der Waals surface area (Å²) in [5, 5.41) is 0. The first kappa shape index (κ1) is 14.8. The molecule has 0 heterocycles. The molecule has 0 aliphatic rings. The van der Waals surface area contributed by atoms with Gasteiger partial charge in [0.05, 0.1) is 5.56 Å². The van der Waals surface area contributed by atoms with Gasteiger partial charge in [0, 0.05) is 15.5 Å². The Hall–Kier alpha value is -1.62. The summed E-state index contributed by atoms with van der Waals surface area (Å²) in [7, 11) is 0. The van der Waals surface area contributed by atoms with Gasteiger partial charge in [-0.3, -0.25) is 0 Å². The van der Waals surface area contributed by atoms with Crippen LogP contribution in [-0.4, -0.2) is 0 Å². The largest absolute Gasteiger partial charge is 0.416 e. The molecule has 0 saturated heterocycles. The van der Waals surface area contributed by atoms with E-state index in [1.54, 1.807) is 0 Å². The molecule has 0 aliphatic carbocycles. The quantitative estimate of drug-likeness (QED) is 0.784. The molecule has 0 unspecified atom stereocenters. The average molecular weight is 297 g/mol. The molecule has 0 aliphatic heterocycles. The third-order valence-electron chi connectivity index (χ3n) is 2.90. The Morgan fingerprint density at radius 2 is 1.65 bits per heavy atom. The molecule has 1 nitrogen and oxygen atoms in total. The molecule has 0 fully saturated rings. The number of anilines is 1. The molecule has 0 aromatic heterocycles. The number of aryl methyl sites for hydroxylation is 2. The van der Waals surface area contributed by atoms with Gasteiger partial charge < -0.3 is 5.73 Å². The van der Waals surface area contributed by atoms with Crippen LogP contribution in [0, 0.1) is 13.8 Å². The van der Waals surface area contributed by atoms with Gasteiger partial charge in [0.1, 0.15) is 0 Å². The summed E-state index contributed by atoms with van der Waals surface area (Å²) >= 11 is 1.38. The van der Waals surface area contributed by atoms with Gasteiger partial charge in [-0.05, 0) is 49.2 Å². The first-order valence-corrected chi connectivity index (χ1v) is 6.81. The van der Waals surface area contributed by atoms with Crippen LogP contribution in [0.3, 0.4) is 0 Å². The summed E-state index contributed by atoms with van der Waals surface area (Å²) in [6.45, 7) is 3.93. The second-order valence-corrected chi connectivity index (χ2v) is 5.71. The Balaban J connectivity index is 2.33. The van der Waals surface area contributed by atoms with Crippen LogP contribution >= 0.6 is 11.8 Å². The van der Waals surface area contributed by atoms with Gasteiger partial charge in [-0.15, -0.1) is 0 Å². The minimum atomic E-state index is -4.36. The number of nitrogens with two attached hydrogens (primary N) is 1. The number of nitrogen functional groups attached to an aromatic ring is 1. The molecule has 2 aromatic carbocycles. The maximum absolute atomic E-state index is 12.6. The van der Waals surface area contributed by atoms with E-state index in [2.05, 4.69) is 0 Å². The molecule has 2 rings (SSSR count). The molecule has 0 radical (unpaired) electrons. The summed E-state index contributed by atoms with van der Waals surface area (Å²) in [6.07, 6.45) is -4.36. The lowest BCUT2D eigenvalue weighted by atomic mass is 10.2. The highest BCUT2D eigenvalue weighted by molar-refractivity contribution is 7.99. The van der Waals surface area contributed by atoms with Crippen LogP contribution in [0.2, 0.25) is 0 Å². The SMILES string of the molecule is Cc1ccc(C)c(Sc2ccc(C(F)(F)F)cc2N)c1. The summed E-state index contributed by atoms with van der Waals surface area (Å²) in [6, 6.07) is 9.44. The summed E-state index contributed by atoms with van der Waals surface area (Å²) in [4.78, 5) is 1.63. The van der Waals surface area contributed by atoms with E-state index in [-0.39, 0.29) is 5.69 Å². The summed E-state index contributed by atoms with van der Waals surface area (Å²) in [5.74, 6) is 0. The topological polar surface area (TPSA) is 26.0 Å². The van der Waals surface area contributed by atoms with Gasteiger partial charge in [0.25, 0.3) is 0 Å². The van der Waals surface area contributed by atoms with Gasteiger partial charge in [0.2, 0.25) is 0 Å². The average Bonchev–Trinajstić information content (AvgIpc) is 2.35. The molecular weight excluding hydrogens is 283 g/mol. The summed E-state index contributed by atoms with van der Waals surface area (Å²) < 4.78 is 37.7. The molecule has 2 N–H and O–H groups in total. The first-order valence-electron chi connectivity index (χ1n) is 5.99. The van der Waals surface area contributed by atoms with Gasteiger partial charge in [-0.1, -0.05) is 23.9 Å². The zero-order chi connectivity index (χ0) is 14.9. The highest BCUT2D eigenvalue weighted by Crippen LogP contribution is 2.38. The molecule has 2 aromatic rings. The Bertz CT molecular complexity index is 636. The van der Waals surface area contributed by atoms with Crippen LogP contribution in [0.5, 0.6) is 0 Å². The zero-order valence-corrected chi connectivity index (χ0v) is 11.9. The van der Waals surface area contributed by atoms with Crippen LogP contribution in [0.15, 0.2) is 46.2 Å². The van der Waals surface area contributed by atoms with E-state index in [1.807, 2.05) is 32.0 Å². The van der Waals surface area contributed by atoms with Crippen LogP contribution in [0.4, 0.5) is 18.9 Å². The lowest BCUT2D eigenvalue weighted by molar-refractivity contribution is -0.137. The molecule has 0 amide bonds. The fraction of sp³-hybridized carbons (Fsp3) is 0.200. The number of hydrogen-bond donors (Lipinski definition) is 1. The number of hydrogen-bond acceptors (Lipinski definition) is 2. The molecule has 0 bridgehead atoms. The van der Waals surface area contributed by atoms with Crippen molar-refractivity contribution in [3.8, 4) is 0 Å². The predicted molar refractivity (Wildman–Crippen MR) is 75.9 cm³/mol. The molecule has 5 heteroatoms. The van der Waals surface area contributed by atoms with Crippen molar-refractivity contribution < 1.29 is 13.2 Å². The lowest BCUT2D eigenvalue weighted by Crippen LogP contribution is -2.05. The van der Waals surface area contributed by atoms with Gasteiger partial charge in [-0.2, -0.15) is 13.2 Å². The molecule has 106 valence electrons. The van der Waals surface area contributed by atoms with Crippen molar-refractivity contribution in [1.29, 1.82) is 0 Å². The standard InChI is InChI=1S/C15H14F3NS/c1-9-3-4-10(2)14(7-9)20-13-6-5-11(8-12(13)19)15(16,17)18/h3-8H,19H2,1-2H3. The number of alkyl halides is 3. The Kier molecular flexibility index (Phi) is 3.99. The number of rotatable bonds is 2. The highest BCUT2D eigenvalue weighted by atomic mass is 32.2. The molecular formula is C15H14F3NS. The van der Waals surface area contributed by atoms with Gasteiger partial charge >= 0.3 is 6.18 Å². The Morgan fingerprint density at radius 3 is 2.25 bits per heavy atom. The smallest absolute Gasteiger partial charge is 0.398 e. The van der Waals surface area contributed by atoms with E-state index in [9.17, 15) is 13.2 Å². The van der Waals surface area contributed by atoms with Crippen molar-refractivity contribution in [1.82, 2.24) is 0 Å². The van der Waals surface area contributed by atoms with Crippen molar-refractivity contribution in [3.63, 3.8) is 0 Å². The van der Waals surface area contributed by atoms with Crippen LogP contribution in [0.1, 0.15) is 16.7 Å². The molecule has 0 saturated carbocycles. The normalized spacial score (nSPS) is 11.7. The maximum atomic E-state index is 12.6. The monoisotopic (exact) mass is 297 g/mol. The summed E-state index contributed by atoms with van der Waals surface area (Å²) in [5.41, 5.74) is 7.33. The second kappa shape index (κ2) is 5.40. The van der Waals surface area contributed by atoms with Crippen molar-refractivity contribution in [2.45, 2.75) is 29.8 Å². The first-order chi connectivity index (χ1) is 9.27. The molecule has 20 heavy (non-hydrogen) atoms. The van der Waals surface area contributed by atoms with Crippen LogP contribution in [-0.2, 0) is 6.18 Å². The van der Waals surface area contributed by atoms with Crippen molar-refractivity contribution in [2.75, 3.05) is 5.73 Å². The second-order valence-electron chi connectivity index (χ2n) is 4.62. The van der Waals surface area contributed by atoms with E-state index < -0.39 is 11.7 Å². The lowest BCUT2D eigenvalue weighted by Gasteiger charge is -2.12. The van der Waals surface area contributed by atoms with E-state index >= 15 is 0 Å². The highest BCUT2D eigenvalue weighted by Gasteiger charge is 2.30. The van der Waals surface area contributed by atoms with E-state index in [1.165, 1.54) is 17.8 Å². The van der Waals surface area contributed by atoms with E-state index in [0.29, 0.717) is 4.90 Å². The van der Waals surface area contributed by atoms with E-state index in [0.717, 1.165) is 28.2 Å². The molecule has 0 spiro atoms. The number of halogens is 3. The number of benzene rings is 2. The Morgan fingerprint density at radius 1 is 0.950 bits per heavy atom. The predicted octanol–water partition coefficient (Wildman–Crippen LogP) is 5.06. The van der Waals surface area contributed by atoms with Crippen LogP contribution in [0.25, 0.3) is 0 Å². The van der Waals surface area contributed by atoms with Crippen molar-refractivity contribution in [2.24, 2.45) is 0 Å².